The summed E-state index contributed by atoms with van der Waals surface area (Å²) < 4.78 is 9.50. The lowest BCUT2D eigenvalue weighted by molar-refractivity contribution is -0.144. The van der Waals surface area contributed by atoms with Crippen LogP contribution in [0.1, 0.15) is 39.5 Å². The fourth-order valence-electron chi connectivity index (χ4n) is 1.41. The molecule has 0 fully saturated rings. The van der Waals surface area contributed by atoms with Crippen molar-refractivity contribution in [3.63, 3.8) is 0 Å². The second kappa shape index (κ2) is 11.4. The lowest BCUT2D eigenvalue weighted by Crippen LogP contribution is -2.15. The second-order valence-electron chi connectivity index (χ2n) is 4.11. The van der Waals surface area contributed by atoms with Gasteiger partial charge in [-0.05, 0) is 25.5 Å². The lowest BCUT2D eigenvalue weighted by atomic mass is 10.2. The molecule has 0 aliphatic carbocycles. The molecule has 0 aromatic heterocycles. The maximum absolute atomic E-state index is 11.1. The molecule has 0 spiro atoms. The van der Waals surface area contributed by atoms with Gasteiger partial charge >= 0.3 is 11.9 Å². The van der Waals surface area contributed by atoms with E-state index in [0.29, 0.717) is 13.0 Å². The molecule has 0 aromatic carbocycles. The molecular formula is C13H24O4S. The van der Waals surface area contributed by atoms with Crippen LogP contribution < -0.4 is 0 Å². The molecule has 0 N–H and O–H groups in total. The Balaban J connectivity index is 3.31. The number of unbranched alkanes of at least 4 members (excludes halogenated alkanes) is 2. The van der Waals surface area contributed by atoms with Gasteiger partial charge in [-0.3, -0.25) is 9.59 Å². The van der Waals surface area contributed by atoms with Gasteiger partial charge in [0.15, 0.2) is 0 Å². The van der Waals surface area contributed by atoms with Gasteiger partial charge in [0, 0.05) is 12.2 Å². The monoisotopic (exact) mass is 276 g/mol. The molecule has 0 heterocycles. The average Bonchev–Trinajstić information content (AvgIpc) is 2.36. The van der Waals surface area contributed by atoms with Crippen LogP contribution in [-0.2, 0) is 19.1 Å². The molecule has 0 saturated carbocycles. The number of ether oxygens (including phenoxy) is 2. The van der Waals surface area contributed by atoms with Crippen molar-refractivity contribution in [3.8, 4) is 0 Å². The summed E-state index contributed by atoms with van der Waals surface area (Å²) in [5.74, 6) is 1.52. The van der Waals surface area contributed by atoms with Crippen LogP contribution in [-0.4, -0.2) is 37.2 Å². The summed E-state index contributed by atoms with van der Waals surface area (Å²) >= 11 is 1.76. The summed E-state index contributed by atoms with van der Waals surface area (Å²) in [4.78, 5) is 22.2. The van der Waals surface area contributed by atoms with Crippen LogP contribution in [0.2, 0.25) is 0 Å². The summed E-state index contributed by atoms with van der Waals surface area (Å²) in [6.07, 6.45) is 3.49. The molecule has 0 saturated heterocycles. The quantitative estimate of drug-likeness (QED) is 0.453. The van der Waals surface area contributed by atoms with Crippen molar-refractivity contribution in [2.75, 3.05) is 25.2 Å². The Bertz CT molecular complexity index is 243. The molecule has 0 aliphatic heterocycles. The maximum Gasteiger partial charge on any atom is 0.309 e. The summed E-state index contributed by atoms with van der Waals surface area (Å²) in [6.45, 7) is 4.15. The number of hydrogen-bond acceptors (Lipinski definition) is 5. The molecule has 0 radical (unpaired) electrons. The van der Waals surface area contributed by atoms with Crippen LogP contribution in [0.5, 0.6) is 0 Å². The van der Waals surface area contributed by atoms with Gasteiger partial charge in [-0.2, -0.15) is 11.8 Å². The standard InChI is InChI=1S/C13H24O4S/c1-4-17-12(14)8-6-5-7-9-18-10-11(2)13(15)16-3/h11H,4-10H2,1-3H3. The zero-order valence-electron chi connectivity index (χ0n) is 11.6. The molecule has 106 valence electrons. The largest absolute Gasteiger partial charge is 0.469 e. The van der Waals surface area contributed by atoms with Gasteiger partial charge in [-0.1, -0.05) is 13.3 Å². The molecular weight excluding hydrogens is 252 g/mol. The van der Waals surface area contributed by atoms with Crippen molar-refractivity contribution < 1.29 is 19.1 Å². The third-order valence-electron chi connectivity index (χ3n) is 2.45. The predicted molar refractivity (Wildman–Crippen MR) is 73.6 cm³/mol. The van der Waals surface area contributed by atoms with Crippen molar-refractivity contribution in [2.24, 2.45) is 5.92 Å². The van der Waals surface area contributed by atoms with Gasteiger partial charge in [-0.25, -0.2) is 0 Å². The van der Waals surface area contributed by atoms with Crippen LogP contribution >= 0.6 is 11.8 Å². The predicted octanol–water partition coefficient (Wildman–Crippen LogP) is 2.65. The van der Waals surface area contributed by atoms with Crippen LogP contribution in [0.3, 0.4) is 0 Å². The Morgan fingerprint density at radius 1 is 1.22 bits per heavy atom. The Morgan fingerprint density at radius 2 is 1.94 bits per heavy atom. The number of rotatable bonds is 10. The smallest absolute Gasteiger partial charge is 0.309 e. The topological polar surface area (TPSA) is 52.6 Å². The Labute approximate surface area is 114 Å². The van der Waals surface area contributed by atoms with Gasteiger partial charge in [0.05, 0.1) is 19.6 Å². The van der Waals surface area contributed by atoms with Crippen LogP contribution in [0.4, 0.5) is 0 Å². The SMILES string of the molecule is CCOC(=O)CCCCCSCC(C)C(=O)OC. The van der Waals surface area contributed by atoms with Gasteiger partial charge in [-0.15, -0.1) is 0 Å². The number of thioether (sulfide) groups is 1. The van der Waals surface area contributed by atoms with Crippen molar-refractivity contribution >= 4 is 23.7 Å². The zero-order chi connectivity index (χ0) is 13.8. The maximum atomic E-state index is 11.1. The molecule has 0 rings (SSSR count). The van der Waals surface area contributed by atoms with E-state index in [1.165, 1.54) is 7.11 Å². The highest BCUT2D eigenvalue weighted by atomic mass is 32.2. The second-order valence-corrected chi connectivity index (χ2v) is 5.26. The number of hydrogen-bond donors (Lipinski definition) is 0. The van der Waals surface area contributed by atoms with Crippen molar-refractivity contribution in [1.29, 1.82) is 0 Å². The fraction of sp³-hybridized carbons (Fsp3) is 0.846. The molecule has 1 atom stereocenters. The highest BCUT2D eigenvalue weighted by Gasteiger charge is 2.12. The normalized spacial score (nSPS) is 11.9. The summed E-state index contributed by atoms with van der Waals surface area (Å²) in [5, 5.41) is 0. The van der Waals surface area contributed by atoms with Crippen LogP contribution in [0, 0.1) is 5.92 Å². The number of methoxy groups -OCH3 is 1. The first-order valence-corrected chi connectivity index (χ1v) is 7.58. The van der Waals surface area contributed by atoms with E-state index >= 15 is 0 Å². The Kier molecular flexibility index (Phi) is 10.9. The molecule has 18 heavy (non-hydrogen) atoms. The third kappa shape index (κ3) is 9.33. The minimum absolute atomic E-state index is 0.0421. The van der Waals surface area contributed by atoms with E-state index in [9.17, 15) is 9.59 Å². The fourth-order valence-corrected chi connectivity index (χ4v) is 2.48. The summed E-state index contributed by atoms with van der Waals surface area (Å²) in [6, 6.07) is 0. The average molecular weight is 276 g/mol. The molecule has 0 aromatic rings. The number of carbonyl (C=O) groups excluding carboxylic acids is 2. The third-order valence-corrected chi connectivity index (χ3v) is 3.76. The molecule has 4 nitrogen and oxygen atoms in total. The van der Waals surface area contributed by atoms with E-state index in [2.05, 4.69) is 4.74 Å². The molecule has 1 unspecified atom stereocenters. The van der Waals surface area contributed by atoms with Gasteiger partial charge in [0.2, 0.25) is 0 Å². The molecule has 0 amide bonds. The zero-order valence-corrected chi connectivity index (χ0v) is 12.4. The van der Waals surface area contributed by atoms with Crippen LogP contribution in [0.25, 0.3) is 0 Å². The highest BCUT2D eigenvalue weighted by molar-refractivity contribution is 7.99. The first-order chi connectivity index (χ1) is 8.61. The number of carbonyl (C=O) groups is 2. The van der Waals surface area contributed by atoms with E-state index in [1.807, 2.05) is 13.8 Å². The van der Waals surface area contributed by atoms with Gasteiger partial charge < -0.3 is 9.47 Å². The van der Waals surface area contributed by atoms with E-state index in [-0.39, 0.29) is 17.9 Å². The molecule has 0 aliphatic rings. The van der Waals surface area contributed by atoms with Crippen LogP contribution in [0.15, 0.2) is 0 Å². The first-order valence-electron chi connectivity index (χ1n) is 6.43. The van der Waals surface area contributed by atoms with Gasteiger partial charge in [0.25, 0.3) is 0 Å². The van der Waals surface area contributed by atoms with Crippen molar-refractivity contribution in [3.05, 3.63) is 0 Å². The Hall–Kier alpha value is -0.710. The highest BCUT2D eigenvalue weighted by Crippen LogP contribution is 2.13. The van der Waals surface area contributed by atoms with E-state index in [4.69, 9.17) is 4.74 Å². The lowest BCUT2D eigenvalue weighted by Gasteiger charge is -2.08. The van der Waals surface area contributed by atoms with Gasteiger partial charge in [0.1, 0.15) is 0 Å². The summed E-state index contributed by atoms with van der Waals surface area (Å²) in [5.41, 5.74) is 0. The first kappa shape index (κ1) is 17.3. The van der Waals surface area contributed by atoms with E-state index in [0.717, 1.165) is 30.8 Å². The minimum atomic E-state index is -0.148. The van der Waals surface area contributed by atoms with Crippen molar-refractivity contribution in [1.82, 2.24) is 0 Å². The van der Waals surface area contributed by atoms with Crippen molar-refractivity contribution in [2.45, 2.75) is 39.5 Å². The van der Waals surface area contributed by atoms with E-state index in [1.54, 1.807) is 11.8 Å². The molecule has 5 heteroatoms. The Morgan fingerprint density at radius 3 is 2.56 bits per heavy atom. The summed E-state index contributed by atoms with van der Waals surface area (Å²) in [7, 11) is 1.42. The molecule has 0 bridgehead atoms. The minimum Gasteiger partial charge on any atom is -0.469 e. The number of esters is 2. The van der Waals surface area contributed by atoms with E-state index < -0.39 is 0 Å².